The first-order valence-electron chi connectivity index (χ1n) is 10.00. The molecule has 2 N–H and O–H groups in total. The van der Waals surface area contributed by atoms with Crippen LogP contribution >= 0.6 is 0 Å². The molecule has 0 fully saturated rings. The summed E-state index contributed by atoms with van der Waals surface area (Å²) in [6, 6.07) is 12.8. The molecule has 0 aliphatic carbocycles. The zero-order valence-electron chi connectivity index (χ0n) is 18.0. The Kier molecular flexibility index (Phi) is 6.06. The molecule has 0 aromatic heterocycles. The number of aryl methyl sites for hydroxylation is 2. The summed E-state index contributed by atoms with van der Waals surface area (Å²) in [4.78, 5) is 38.8. The molecule has 0 saturated carbocycles. The number of imide groups is 1. The van der Waals surface area contributed by atoms with Crippen LogP contribution < -0.4 is 10.6 Å². The molecule has 0 spiro atoms. The number of carbonyl (C=O) groups excluding carboxylic acids is 3. The Labute approximate surface area is 177 Å². The molecule has 1 aliphatic heterocycles. The number of hydrogen-bond acceptors (Lipinski definition) is 4. The average molecular weight is 405 g/mol. The van der Waals surface area contributed by atoms with Gasteiger partial charge in [0, 0.05) is 24.8 Å². The van der Waals surface area contributed by atoms with E-state index in [1.165, 1.54) is 11.8 Å². The normalized spacial score (nSPS) is 14.0. The summed E-state index contributed by atoms with van der Waals surface area (Å²) in [7, 11) is 0. The second-order valence-electron chi connectivity index (χ2n) is 8.05. The summed E-state index contributed by atoms with van der Waals surface area (Å²) in [5.74, 6) is -0.603. The second kappa shape index (κ2) is 8.53. The highest BCUT2D eigenvalue weighted by Gasteiger charge is 2.39. The molecule has 1 heterocycles. The molecule has 6 heteroatoms. The number of nitrogens with one attached hydrogen (secondary N) is 2. The molecule has 3 amide bonds. The van der Waals surface area contributed by atoms with Gasteiger partial charge in [-0.25, -0.2) is 0 Å². The molecule has 0 radical (unpaired) electrons. The van der Waals surface area contributed by atoms with Crippen molar-refractivity contribution >= 4 is 34.7 Å². The first kappa shape index (κ1) is 21.3. The number of hydrogen-bond donors (Lipinski definition) is 2. The average Bonchev–Trinajstić information content (AvgIpc) is 2.89. The van der Waals surface area contributed by atoms with Crippen molar-refractivity contribution in [3.05, 3.63) is 64.9 Å². The predicted octanol–water partition coefficient (Wildman–Crippen LogP) is 4.11. The minimum absolute atomic E-state index is 0.156. The zero-order valence-corrected chi connectivity index (χ0v) is 18.0. The van der Waals surface area contributed by atoms with Crippen LogP contribution in [-0.2, 0) is 14.4 Å². The molecule has 0 bridgehead atoms. The van der Waals surface area contributed by atoms with Crippen molar-refractivity contribution in [1.29, 1.82) is 0 Å². The standard InChI is InChI=1S/C24H27N3O3/c1-14(2)13-27-23(29)21(18-7-6-15(3)16(4)12-18)22(24(27)30)26-20-10-8-19(9-11-20)25-17(5)28/h6-12,14,26H,13H2,1-5H3,(H,25,28). The number of anilines is 2. The fraction of sp³-hybridized carbons (Fsp3) is 0.292. The molecule has 1 aliphatic rings. The summed E-state index contributed by atoms with van der Waals surface area (Å²) in [6.07, 6.45) is 0. The lowest BCUT2D eigenvalue weighted by Crippen LogP contribution is -2.35. The van der Waals surface area contributed by atoms with E-state index in [1.807, 2.05) is 45.9 Å². The lowest BCUT2D eigenvalue weighted by molar-refractivity contribution is -0.137. The molecule has 0 atom stereocenters. The van der Waals surface area contributed by atoms with Gasteiger partial charge in [0.05, 0.1) is 5.57 Å². The Morgan fingerprint density at radius 3 is 2.13 bits per heavy atom. The maximum absolute atomic E-state index is 13.2. The second-order valence-corrected chi connectivity index (χ2v) is 8.05. The summed E-state index contributed by atoms with van der Waals surface area (Å²) in [5, 5.41) is 5.85. The van der Waals surface area contributed by atoms with Gasteiger partial charge in [-0.05, 0) is 60.7 Å². The Bertz CT molecular complexity index is 1040. The van der Waals surface area contributed by atoms with Gasteiger partial charge in [0.1, 0.15) is 5.70 Å². The molecule has 2 aromatic carbocycles. The number of nitrogens with zero attached hydrogens (tertiary/aromatic N) is 1. The van der Waals surface area contributed by atoms with Crippen molar-refractivity contribution < 1.29 is 14.4 Å². The highest BCUT2D eigenvalue weighted by Crippen LogP contribution is 2.32. The van der Waals surface area contributed by atoms with Gasteiger partial charge in [-0.1, -0.05) is 32.0 Å². The van der Waals surface area contributed by atoms with E-state index in [9.17, 15) is 14.4 Å². The van der Waals surface area contributed by atoms with Crippen LogP contribution in [0.3, 0.4) is 0 Å². The predicted molar refractivity (Wildman–Crippen MR) is 119 cm³/mol. The highest BCUT2D eigenvalue weighted by atomic mass is 16.2. The molecule has 0 saturated heterocycles. The van der Waals surface area contributed by atoms with Crippen LogP contribution in [0.4, 0.5) is 11.4 Å². The van der Waals surface area contributed by atoms with E-state index in [0.29, 0.717) is 23.5 Å². The lowest BCUT2D eigenvalue weighted by atomic mass is 9.99. The van der Waals surface area contributed by atoms with Gasteiger partial charge < -0.3 is 10.6 Å². The summed E-state index contributed by atoms with van der Waals surface area (Å²) in [5.41, 5.74) is 4.88. The monoisotopic (exact) mass is 405 g/mol. The largest absolute Gasteiger partial charge is 0.350 e. The van der Waals surface area contributed by atoms with Gasteiger partial charge in [-0.2, -0.15) is 0 Å². The fourth-order valence-electron chi connectivity index (χ4n) is 3.37. The van der Waals surface area contributed by atoms with E-state index in [1.54, 1.807) is 24.3 Å². The van der Waals surface area contributed by atoms with Crippen molar-refractivity contribution in [2.75, 3.05) is 17.2 Å². The number of benzene rings is 2. The van der Waals surface area contributed by atoms with Gasteiger partial charge >= 0.3 is 0 Å². The van der Waals surface area contributed by atoms with Crippen molar-refractivity contribution in [2.45, 2.75) is 34.6 Å². The maximum atomic E-state index is 13.2. The number of rotatable bonds is 6. The first-order valence-corrected chi connectivity index (χ1v) is 10.00. The molecular formula is C24H27N3O3. The van der Waals surface area contributed by atoms with Gasteiger partial charge in [0.2, 0.25) is 5.91 Å². The first-order chi connectivity index (χ1) is 14.2. The van der Waals surface area contributed by atoms with E-state index in [2.05, 4.69) is 10.6 Å². The van der Waals surface area contributed by atoms with Crippen LogP contribution in [0.1, 0.15) is 37.5 Å². The van der Waals surface area contributed by atoms with Crippen LogP contribution in [0.5, 0.6) is 0 Å². The smallest absolute Gasteiger partial charge is 0.278 e. The van der Waals surface area contributed by atoms with E-state index in [-0.39, 0.29) is 29.3 Å². The molecule has 156 valence electrons. The van der Waals surface area contributed by atoms with Crippen LogP contribution in [0, 0.1) is 19.8 Å². The molecule has 0 unspecified atom stereocenters. The Morgan fingerprint density at radius 1 is 0.933 bits per heavy atom. The third kappa shape index (κ3) is 4.43. The number of amides is 3. The molecular weight excluding hydrogens is 378 g/mol. The number of carbonyl (C=O) groups is 3. The van der Waals surface area contributed by atoms with Crippen LogP contribution in [-0.4, -0.2) is 29.2 Å². The van der Waals surface area contributed by atoms with Crippen molar-refractivity contribution in [3.63, 3.8) is 0 Å². The zero-order chi connectivity index (χ0) is 22.0. The maximum Gasteiger partial charge on any atom is 0.278 e. The summed E-state index contributed by atoms with van der Waals surface area (Å²) < 4.78 is 0. The summed E-state index contributed by atoms with van der Waals surface area (Å²) in [6.45, 7) is 9.75. The van der Waals surface area contributed by atoms with Crippen molar-refractivity contribution in [2.24, 2.45) is 5.92 Å². The van der Waals surface area contributed by atoms with Crippen LogP contribution in [0.15, 0.2) is 48.2 Å². The minimum Gasteiger partial charge on any atom is -0.350 e. The Morgan fingerprint density at radius 2 is 1.57 bits per heavy atom. The van der Waals surface area contributed by atoms with Crippen molar-refractivity contribution in [1.82, 2.24) is 4.90 Å². The topological polar surface area (TPSA) is 78.5 Å². The van der Waals surface area contributed by atoms with E-state index < -0.39 is 0 Å². The fourth-order valence-corrected chi connectivity index (χ4v) is 3.37. The molecule has 3 rings (SSSR count). The van der Waals surface area contributed by atoms with Gasteiger partial charge in [0.15, 0.2) is 0 Å². The Hall–Kier alpha value is -3.41. The highest BCUT2D eigenvalue weighted by molar-refractivity contribution is 6.36. The quantitative estimate of drug-likeness (QED) is 0.709. The van der Waals surface area contributed by atoms with Gasteiger partial charge in [-0.15, -0.1) is 0 Å². The molecule has 6 nitrogen and oxygen atoms in total. The van der Waals surface area contributed by atoms with E-state index in [4.69, 9.17) is 0 Å². The van der Waals surface area contributed by atoms with E-state index in [0.717, 1.165) is 16.7 Å². The summed E-state index contributed by atoms with van der Waals surface area (Å²) >= 11 is 0. The Balaban J connectivity index is 2.01. The SMILES string of the molecule is CC(=O)Nc1ccc(NC2=C(c3ccc(C)c(C)c3)C(=O)N(CC(C)C)C2=O)cc1. The molecule has 30 heavy (non-hydrogen) atoms. The third-order valence-electron chi connectivity index (χ3n) is 4.99. The van der Waals surface area contributed by atoms with Crippen molar-refractivity contribution in [3.8, 4) is 0 Å². The van der Waals surface area contributed by atoms with Gasteiger partial charge in [-0.3, -0.25) is 19.3 Å². The molecule has 2 aromatic rings. The van der Waals surface area contributed by atoms with E-state index >= 15 is 0 Å². The lowest BCUT2D eigenvalue weighted by Gasteiger charge is -2.17. The van der Waals surface area contributed by atoms with Gasteiger partial charge in [0.25, 0.3) is 11.8 Å². The van der Waals surface area contributed by atoms with Crippen LogP contribution in [0.2, 0.25) is 0 Å². The third-order valence-corrected chi connectivity index (χ3v) is 4.99. The van der Waals surface area contributed by atoms with Crippen LogP contribution in [0.25, 0.3) is 5.57 Å². The minimum atomic E-state index is -0.326.